The molecule has 0 unspecified atom stereocenters. The standard InChI is InChI=1S/C23H28ClN5O2S.C2HF3O2/c1-25-22-18-6-2-4-8-20(18)28-23(29-22)26-14-16-10-12-17(13-11-16)15-27-32(30,31)21-9-5-3-7-19(21)24;3-2(4,5)1(6)7/h2-9,16-17,27H,10-15H2,1H3,(H2,25,26,28,29);(H,6,7). The molecule has 212 valence electrons. The van der Waals surface area contributed by atoms with Gasteiger partial charge in [0.2, 0.25) is 16.0 Å². The van der Waals surface area contributed by atoms with Gasteiger partial charge in [-0.2, -0.15) is 18.2 Å². The number of alkyl halides is 3. The van der Waals surface area contributed by atoms with E-state index < -0.39 is 22.2 Å². The van der Waals surface area contributed by atoms with Crippen LogP contribution in [0.15, 0.2) is 53.4 Å². The summed E-state index contributed by atoms with van der Waals surface area (Å²) in [5.74, 6) is -0.473. The Morgan fingerprint density at radius 3 is 2.15 bits per heavy atom. The van der Waals surface area contributed by atoms with Gasteiger partial charge in [0.05, 0.1) is 10.5 Å². The van der Waals surface area contributed by atoms with E-state index in [0.717, 1.165) is 48.9 Å². The fourth-order valence-corrected chi connectivity index (χ4v) is 5.82. The first-order valence-corrected chi connectivity index (χ1v) is 14.0. The van der Waals surface area contributed by atoms with Crippen molar-refractivity contribution >= 4 is 50.3 Å². The molecule has 4 rings (SSSR count). The van der Waals surface area contributed by atoms with Crippen LogP contribution in [0.4, 0.5) is 24.9 Å². The minimum absolute atomic E-state index is 0.135. The molecule has 3 aromatic rings. The highest BCUT2D eigenvalue weighted by Crippen LogP contribution is 2.30. The number of hydrogen-bond acceptors (Lipinski definition) is 7. The van der Waals surface area contributed by atoms with E-state index in [2.05, 4.69) is 25.3 Å². The quantitative estimate of drug-likeness (QED) is 0.284. The molecule has 1 aromatic heterocycles. The molecule has 0 bridgehead atoms. The molecule has 0 aliphatic heterocycles. The first-order valence-electron chi connectivity index (χ1n) is 12.1. The monoisotopic (exact) mass is 587 g/mol. The number of anilines is 2. The van der Waals surface area contributed by atoms with Crippen LogP contribution in [0.25, 0.3) is 10.9 Å². The van der Waals surface area contributed by atoms with Crippen molar-refractivity contribution in [1.29, 1.82) is 0 Å². The third-order valence-corrected chi connectivity index (χ3v) is 8.21. The van der Waals surface area contributed by atoms with Crippen LogP contribution in [0.2, 0.25) is 5.02 Å². The molecule has 0 amide bonds. The van der Waals surface area contributed by atoms with E-state index in [1.165, 1.54) is 6.07 Å². The van der Waals surface area contributed by atoms with Gasteiger partial charge >= 0.3 is 12.1 Å². The Hall–Kier alpha value is -3.16. The number of benzene rings is 2. The number of halogens is 4. The number of aliphatic carboxylic acids is 1. The number of aromatic nitrogens is 2. The van der Waals surface area contributed by atoms with Crippen LogP contribution in [0, 0.1) is 11.8 Å². The van der Waals surface area contributed by atoms with Crippen molar-refractivity contribution in [1.82, 2.24) is 14.7 Å². The summed E-state index contributed by atoms with van der Waals surface area (Å²) in [4.78, 5) is 18.2. The summed E-state index contributed by atoms with van der Waals surface area (Å²) in [5.41, 5.74) is 0.906. The third-order valence-electron chi connectivity index (χ3n) is 6.29. The highest BCUT2D eigenvalue weighted by Gasteiger charge is 2.38. The van der Waals surface area contributed by atoms with Crippen molar-refractivity contribution in [2.24, 2.45) is 11.8 Å². The first-order chi connectivity index (χ1) is 18.4. The summed E-state index contributed by atoms with van der Waals surface area (Å²) in [6.45, 7) is 1.24. The van der Waals surface area contributed by atoms with Gasteiger partial charge in [-0.05, 0) is 61.8 Å². The number of fused-ring (bicyclic) bond motifs is 1. The Morgan fingerprint density at radius 1 is 1.00 bits per heavy atom. The Balaban J connectivity index is 0.000000532. The van der Waals surface area contributed by atoms with Crippen LogP contribution in [0.1, 0.15) is 25.7 Å². The molecule has 39 heavy (non-hydrogen) atoms. The molecule has 0 spiro atoms. The summed E-state index contributed by atoms with van der Waals surface area (Å²) < 4.78 is 59.5. The predicted molar refractivity (Wildman–Crippen MR) is 143 cm³/mol. The third kappa shape index (κ3) is 8.67. The Bertz CT molecular complexity index is 1380. The topological polar surface area (TPSA) is 133 Å². The second-order valence-corrected chi connectivity index (χ2v) is 11.2. The van der Waals surface area contributed by atoms with E-state index in [1.54, 1.807) is 18.2 Å². The van der Waals surface area contributed by atoms with Crippen LogP contribution in [0.5, 0.6) is 0 Å². The minimum Gasteiger partial charge on any atom is -0.475 e. The Kier molecular flexibility index (Phi) is 10.3. The Morgan fingerprint density at radius 2 is 1.56 bits per heavy atom. The fourth-order valence-electron chi connectivity index (χ4n) is 4.19. The molecule has 0 radical (unpaired) electrons. The maximum atomic E-state index is 12.5. The number of sulfonamides is 1. The predicted octanol–water partition coefficient (Wildman–Crippen LogP) is 5.16. The van der Waals surface area contributed by atoms with Gasteiger partial charge in [0.1, 0.15) is 10.7 Å². The molecule has 1 fully saturated rings. The molecule has 0 atom stereocenters. The van der Waals surface area contributed by atoms with Gasteiger partial charge in [-0.25, -0.2) is 22.9 Å². The molecular formula is C25H29ClF3N5O4S. The largest absolute Gasteiger partial charge is 0.490 e. The second kappa shape index (κ2) is 13.3. The lowest BCUT2D eigenvalue weighted by atomic mass is 9.82. The van der Waals surface area contributed by atoms with E-state index in [9.17, 15) is 21.6 Å². The summed E-state index contributed by atoms with van der Waals surface area (Å²) in [5, 5.41) is 14.9. The van der Waals surface area contributed by atoms with Crippen molar-refractivity contribution in [3.05, 3.63) is 53.6 Å². The average Bonchev–Trinajstić information content (AvgIpc) is 2.91. The summed E-state index contributed by atoms with van der Waals surface area (Å²) >= 11 is 6.05. The van der Waals surface area contributed by atoms with Crippen molar-refractivity contribution in [3.8, 4) is 0 Å². The van der Waals surface area contributed by atoms with Gasteiger partial charge in [-0.15, -0.1) is 0 Å². The molecule has 14 heteroatoms. The Labute approximate surface area is 229 Å². The molecule has 1 saturated carbocycles. The van der Waals surface area contributed by atoms with E-state index in [1.807, 2.05) is 31.3 Å². The molecule has 0 saturated heterocycles. The van der Waals surface area contributed by atoms with E-state index in [-0.39, 0.29) is 9.92 Å². The summed E-state index contributed by atoms with van der Waals surface area (Å²) in [6, 6.07) is 14.5. The number of hydrogen-bond donors (Lipinski definition) is 4. The van der Waals surface area contributed by atoms with E-state index in [4.69, 9.17) is 21.5 Å². The highest BCUT2D eigenvalue weighted by molar-refractivity contribution is 7.89. The van der Waals surface area contributed by atoms with Crippen molar-refractivity contribution < 1.29 is 31.5 Å². The number of carbonyl (C=O) groups is 1. The van der Waals surface area contributed by atoms with Gasteiger partial charge in [0.15, 0.2) is 0 Å². The van der Waals surface area contributed by atoms with Gasteiger partial charge in [-0.3, -0.25) is 0 Å². The molecule has 2 aromatic carbocycles. The smallest absolute Gasteiger partial charge is 0.475 e. The molecule has 1 aliphatic rings. The van der Waals surface area contributed by atoms with Gasteiger partial charge in [0.25, 0.3) is 0 Å². The highest BCUT2D eigenvalue weighted by atomic mass is 35.5. The zero-order valence-electron chi connectivity index (χ0n) is 21.0. The maximum Gasteiger partial charge on any atom is 0.490 e. The van der Waals surface area contributed by atoms with E-state index >= 15 is 0 Å². The van der Waals surface area contributed by atoms with Crippen molar-refractivity contribution in [2.75, 3.05) is 30.8 Å². The molecule has 4 N–H and O–H groups in total. The summed E-state index contributed by atoms with van der Waals surface area (Å²) in [6.07, 6.45) is -1.04. The second-order valence-electron chi connectivity index (χ2n) is 9.02. The number of para-hydroxylation sites is 1. The van der Waals surface area contributed by atoms with Crippen molar-refractivity contribution in [3.63, 3.8) is 0 Å². The lowest BCUT2D eigenvalue weighted by Gasteiger charge is -2.28. The summed E-state index contributed by atoms with van der Waals surface area (Å²) in [7, 11) is -1.73. The molecule has 1 aliphatic carbocycles. The minimum atomic E-state index is -5.08. The van der Waals surface area contributed by atoms with Crippen LogP contribution >= 0.6 is 11.6 Å². The van der Waals surface area contributed by atoms with Crippen LogP contribution in [-0.4, -0.2) is 55.8 Å². The maximum absolute atomic E-state index is 12.5. The van der Waals surface area contributed by atoms with Crippen LogP contribution in [0.3, 0.4) is 0 Å². The van der Waals surface area contributed by atoms with Gasteiger partial charge < -0.3 is 15.7 Å². The number of nitrogens with zero attached hydrogens (tertiary/aromatic N) is 2. The van der Waals surface area contributed by atoms with Gasteiger partial charge in [0, 0.05) is 25.5 Å². The van der Waals surface area contributed by atoms with Crippen LogP contribution in [-0.2, 0) is 14.8 Å². The normalized spacial score (nSPS) is 17.7. The molecule has 9 nitrogen and oxygen atoms in total. The number of nitrogens with one attached hydrogen (secondary N) is 3. The van der Waals surface area contributed by atoms with Gasteiger partial charge in [-0.1, -0.05) is 35.9 Å². The average molecular weight is 588 g/mol. The zero-order chi connectivity index (χ0) is 28.6. The molecule has 1 heterocycles. The zero-order valence-corrected chi connectivity index (χ0v) is 22.6. The van der Waals surface area contributed by atoms with Crippen LogP contribution < -0.4 is 15.4 Å². The number of carboxylic acid groups (broad SMARTS) is 1. The fraction of sp³-hybridized carbons (Fsp3) is 0.400. The SMILES string of the molecule is CNc1nc(NCC2CCC(CNS(=O)(=O)c3ccccc3Cl)CC2)nc2ccccc12.O=C(O)C(F)(F)F. The molecular weight excluding hydrogens is 559 g/mol. The van der Waals surface area contributed by atoms with E-state index in [0.29, 0.717) is 24.3 Å². The number of rotatable bonds is 8. The number of carboxylic acids is 1. The lowest BCUT2D eigenvalue weighted by Crippen LogP contribution is -2.32. The van der Waals surface area contributed by atoms with Crippen molar-refractivity contribution in [2.45, 2.75) is 36.8 Å². The first kappa shape index (κ1) is 30.4. The lowest BCUT2D eigenvalue weighted by molar-refractivity contribution is -0.192.